The Morgan fingerprint density at radius 3 is 2.73 bits per heavy atom. The Kier molecular flexibility index (Phi) is 5.73. The van der Waals surface area contributed by atoms with Gasteiger partial charge in [0.25, 0.3) is 0 Å². The van der Waals surface area contributed by atoms with Crippen molar-refractivity contribution >= 4 is 50.1 Å². The summed E-state index contributed by atoms with van der Waals surface area (Å²) in [6, 6.07) is 6.93. The van der Waals surface area contributed by atoms with E-state index < -0.39 is 11.2 Å². The molecule has 0 saturated carbocycles. The van der Waals surface area contributed by atoms with Crippen LogP contribution < -0.4 is 4.90 Å². The lowest BCUT2D eigenvalue weighted by Gasteiger charge is -2.28. The Morgan fingerprint density at radius 1 is 1.05 bits per heavy atom. The molecule has 11 heteroatoms. The first-order valence-electron chi connectivity index (χ1n) is 12.4. The quantitative estimate of drug-likeness (QED) is 0.359. The third-order valence-electron chi connectivity index (χ3n) is 7.07. The summed E-state index contributed by atoms with van der Waals surface area (Å²) in [5.74, 6) is 2.14. The maximum Gasteiger partial charge on any atom is 0.229 e. The molecule has 4 aromatic heterocycles. The zero-order valence-electron chi connectivity index (χ0n) is 20.1. The molecule has 190 valence electrons. The van der Waals surface area contributed by atoms with E-state index in [0.717, 1.165) is 36.0 Å². The monoisotopic (exact) mass is 520 g/mol. The SMILES string of the molecule is [O-][S+]1CCN(Cc2cnc3oc4c(N5CCOCC5)nc(-c5cc(F)cc6[nH]ccc56)nc4c3c2)CC1. The average Bonchev–Trinajstić information content (AvgIpc) is 3.54. The fourth-order valence-electron chi connectivity index (χ4n) is 5.16. The number of anilines is 1. The molecule has 6 heterocycles. The molecule has 0 spiro atoms. The molecule has 0 bridgehead atoms. The van der Waals surface area contributed by atoms with E-state index in [1.165, 1.54) is 12.1 Å². The van der Waals surface area contributed by atoms with Crippen molar-refractivity contribution in [2.75, 3.05) is 55.8 Å². The summed E-state index contributed by atoms with van der Waals surface area (Å²) in [7, 11) is 0. The summed E-state index contributed by atoms with van der Waals surface area (Å²) in [5.41, 5.74) is 4.06. The van der Waals surface area contributed by atoms with Crippen LogP contribution in [0.1, 0.15) is 5.56 Å². The number of ether oxygens (including phenoxy) is 1. The van der Waals surface area contributed by atoms with E-state index >= 15 is 0 Å². The minimum absolute atomic E-state index is 0.356. The molecule has 0 unspecified atom stereocenters. The van der Waals surface area contributed by atoms with Crippen LogP contribution in [0.15, 0.2) is 41.1 Å². The highest BCUT2D eigenvalue weighted by atomic mass is 32.2. The molecule has 5 aromatic rings. The molecule has 2 saturated heterocycles. The van der Waals surface area contributed by atoms with Gasteiger partial charge in [-0.05, 0) is 29.8 Å². The number of fused-ring (bicyclic) bond motifs is 4. The third-order valence-corrected chi connectivity index (χ3v) is 8.35. The first-order chi connectivity index (χ1) is 18.1. The van der Waals surface area contributed by atoms with Crippen molar-refractivity contribution in [1.29, 1.82) is 0 Å². The van der Waals surface area contributed by atoms with E-state index in [9.17, 15) is 8.94 Å². The van der Waals surface area contributed by atoms with Crippen molar-refractivity contribution in [3.63, 3.8) is 0 Å². The molecule has 0 aliphatic carbocycles. The van der Waals surface area contributed by atoms with Gasteiger partial charge in [-0.3, -0.25) is 4.90 Å². The predicted molar refractivity (Wildman–Crippen MR) is 141 cm³/mol. The highest BCUT2D eigenvalue weighted by Crippen LogP contribution is 2.36. The maximum atomic E-state index is 14.6. The van der Waals surface area contributed by atoms with Gasteiger partial charge in [-0.15, -0.1) is 0 Å². The van der Waals surface area contributed by atoms with Gasteiger partial charge in [-0.2, -0.15) is 0 Å². The van der Waals surface area contributed by atoms with Crippen LogP contribution in [0.4, 0.5) is 10.2 Å². The third kappa shape index (κ3) is 4.21. The number of nitrogens with one attached hydrogen (secondary N) is 1. The Labute approximate surface area is 214 Å². The summed E-state index contributed by atoms with van der Waals surface area (Å²) in [5, 5.41) is 1.65. The van der Waals surface area contributed by atoms with E-state index in [0.29, 0.717) is 77.3 Å². The largest absolute Gasteiger partial charge is 0.616 e. The van der Waals surface area contributed by atoms with Gasteiger partial charge in [0.15, 0.2) is 17.2 Å². The Morgan fingerprint density at radius 2 is 1.89 bits per heavy atom. The molecule has 9 nitrogen and oxygen atoms in total. The molecule has 2 aliphatic heterocycles. The van der Waals surface area contributed by atoms with Gasteiger partial charge in [0.1, 0.15) is 22.8 Å². The molecule has 1 N–H and O–H groups in total. The zero-order chi connectivity index (χ0) is 24.9. The van der Waals surface area contributed by atoms with Crippen LogP contribution in [-0.4, -0.2) is 80.3 Å². The molecule has 2 fully saturated rings. The Bertz CT molecular complexity index is 1610. The van der Waals surface area contributed by atoms with Crippen molar-refractivity contribution < 1.29 is 18.1 Å². The molecular formula is C26H25FN6O3S. The fraction of sp³-hybridized carbons (Fsp3) is 0.346. The molecule has 1 aromatic carbocycles. The van der Waals surface area contributed by atoms with Gasteiger partial charge in [-0.25, -0.2) is 19.3 Å². The van der Waals surface area contributed by atoms with Crippen molar-refractivity contribution in [3.8, 4) is 11.4 Å². The second kappa shape index (κ2) is 9.25. The maximum absolute atomic E-state index is 14.6. The van der Waals surface area contributed by atoms with Crippen LogP contribution in [0, 0.1) is 5.82 Å². The van der Waals surface area contributed by atoms with E-state index in [1.807, 2.05) is 12.3 Å². The summed E-state index contributed by atoms with van der Waals surface area (Å²) >= 11 is -0.720. The van der Waals surface area contributed by atoms with Crippen LogP contribution in [0.2, 0.25) is 0 Å². The fourth-order valence-corrected chi connectivity index (χ4v) is 6.29. The zero-order valence-corrected chi connectivity index (χ0v) is 20.9. The minimum Gasteiger partial charge on any atom is -0.616 e. The first-order valence-corrected chi connectivity index (χ1v) is 13.9. The number of aromatic nitrogens is 4. The average molecular weight is 521 g/mol. The number of H-pyrrole nitrogens is 1. The lowest BCUT2D eigenvalue weighted by atomic mass is 10.1. The highest BCUT2D eigenvalue weighted by molar-refractivity contribution is 7.91. The van der Waals surface area contributed by atoms with Crippen LogP contribution >= 0.6 is 0 Å². The Hall–Kier alpha value is -3.25. The molecule has 7 rings (SSSR count). The Balaban J connectivity index is 1.39. The number of benzene rings is 1. The number of furan rings is 1. The number of morpholine rings is 1. The van der Waals surface area contributed by atoms with Gasteiger partial charge < -0.3 is 23.6 Å². The summed E-state index contributed by atoms with van der Waals surface area (Å²) in [4.78, 5) is 21.9. The summed E-state index contributed by atoms with van der Waals surface area (Å²) in [6.45, 7) is 4.83. The molecular weight excluding hydrogens is 495 g/mol. The molecule has 37 heavy (non-hydrogen) atoms. The predicted octanol–water partition coefficient (Wildman–Crippen LogP) is 3.46. The number of rotatable bonds is 4. The molecule has 0 amide bonds. The van der Waals surface area contributed by atoms with Crippen molar-refractivity contribution in [3.05, 3.63) is 48.0 Å². The second-order valence-corrected chi connectivity index (χ2v) is 11.2. The van der Waals surface area contributed by atoms with E-state index in [-0.39, 0.29) is 5.82 Å². The second-order valence-electron chi connectivity index (χ2n) is 9.46. The number of nitrogens with zero attached hydrogens (tertiary/aromatic N) is 5. The molecule has 2 aliphatic rings. The van der Waals surface area contributed by atoms with Crippen LogP contribution in [0.5, 0.6) is 0 Å². The number of hydrogen-bond acceptors (Lipinski definition) is 8. The summed E-state index contributed by atoms with van der Waals surface area (Å²) < 4.78 is 38.1. The lowest BCUT2D eigenvalue weighted by molar-refractivity contribution is 0.122. The topological polar surface area (TPSA) is 106 Å². The van der Waals surface area contributed by atoms with Crippen molar-refractivity contribution in [2.24, 2.45) is 0 Å². The van der Waals surface area contributed by atoms with Gasteiger partial charge in [0, 0.05) is 61.6 Å². The number of aromatic amines is 1. The van der Waals surface area contributed by atoms with Gasteiger partial charge in [-0.1, -0.05) is 11.2 Å². The summed E-state index contributed by atoms with van der Waals surface area (Å²) in [6.07, 6.45) is 3.61. The number of hydrogen-bond donors (Lipinski definition) is 1. The lowest BCUT2D eigenvalue weighted by Crippen LogP contribution is -2.39. The van der Waals surface area contributed by atoms with E-state index in [4.69, 9.17) is 19.1 Å². The van der Waals surface area contributed by atoms with Crippen LogP contribution in [-0.2, 0) is 22.5 Å². The van der Waals surface area contributed by atoms with Crippen molar-refractivity contribution in [2.45, 2.75) is 6.54 Å². The van der Waals surface area contributed by atoms with E-state index in [1.54, 1.807) is 6.20 Å². The van der Waals surface area contributed by atoms with Crippen LogP contribution in [0.3, 0.4) is 0 Å². The number of halogens is 1. The van der Waals surface area contributed by atoms with Gasteiger partial charge in [0.05, 0.1) is 18.6 Å². The van der Waals surface area contributed by atoms with Crippen molar-refractivity contribution in [1.82, 2.24) is 24.8 Å². The molecule has 0 atom stereocenters. The molecule has 0 radical (unpaired) electrons. The minimum atomic E-state index is -0.720. The smallest absolute Gasteiger partial charge is 0.229 e. The van der Waals surface area contributed by atoms with Gasteiger partial charge in [0.2, 0.25) is 5.71 Å². The number of pyridine rings is 1. The standard InChI is InChI=1S/C26H25FN6O3S/c27-17-12-19(18-1-2-28-21(18)13-17)24-30-22-20-11-16(15-32-5-9-37(34)10-6-32)14-29-26(20)36-23(22)25(31-24)33-3-7-35-8-4-33/h1-2,11-14,28H,3-10,15H2. The first kappa shape index (κ1) is 22.9. The van der Waals surface area contributed by atoms with E-state index in [2.05, 4.69) is 25.8 Å². The normalized spacial score (nSPS) is 17.9. The van der Waals surface area contributed by atoms with Gasteiger partial charge >= 0.3 is 0 Å². The van der Waals surface area contributed by atoms with Crippen LogP contribution in [0.25, 0.3) is 44.5 Å². The highest BCUT2D eigenvalue weighted by Gasteiger charge is 2.25.